The molecule has 80 valence electrons. The molecule has 0 bridgehead atoms. The van der Waals surface area contributed by atoms with Gasteiger partial charge in [-0.15, -0.1) is 0 Å². The van der Waals surface area contributed by atoms with E-state index in [1.807, 2.05) is 6.07 Å². The summed E-state index contributed by atoms with van der Waals surface area (Å²) in [4.78, 5) is 10.9. The zero-order valence-electron chi connectivity index (χ0n) is 8.49. The van der Waals surface area contributed by atoms with E-state index in [1.165, 1.54) is 6.92 Å². The molecule has 4 heteroatoms. The van der Waals surface area contributed by atoms with E-state index in [9.17, 15) is 9.90 Å². The van der Waals surface area contributed by atoms with Gasteiger partial charge in [0.25, 0.3) is 0 Å². The molecule has 0 saturated heterocycles. The van der Waals surface area contributed by atoms with Gasteiger partial charge >= 0.3 is 5.97 Å². The molecule has 0 amide bonds. The number of ether oxygens (including phenoxy) is 1. The van der Waals surface area contributed by atoms with Crippen molar-refractivity contribution in [2.75, 3.05) is 6.54 Å². The van der Waals surface area contributed by atoms with E-state index < -0.39 is 6.23 Å². The molecule has 1 aromatic rings. The first-order chi connectivity index (χ1) is 7.16. The summed E-state index contributed by atoms with van der Waals surface area (Å²) in [5.41, 5.74) is 1.95. The second-order valence-electron chi connectivity index (χ2n) is 3.58. The Bertz CT molecular complexity index is 389. The summed E-state index contributed by atoms with van der Waals surface area (Å²) < 4.78 is 5.11. The van der Waals surface area contributed by atoms with Crippen LogP contribution >= 0.6 is 0 Å². The second-order valence-corrected chi connectivity index (χ2v) is 3.58. The lowest BCUT2D eigenvalue weighted by atomic mass is 9.99. The summed E-state index contributed by atoms with van der Waals surface area (Å²) in [6.45, 7) is 2.15. The van der Waals surface area contributed by atoms with Crippen LogP contribution in [0.2, 0.25) is 0 Å². The van der Waals surface area contributed by atoms with Crippen LogP contribution in [0.4, 0.5) is 0 Å². The van der Waals surface area contributed by atoms with Crippen LogP contribution in [0.25, 0.3) is 0 Å². The van der Waals surface area contributed by atoms with Gasteiger partial charge in [0, 0.05) is 19.0 Å². The van der Waals surface area contributed by atoms with Gasteiger partial charge in [0.1, 0.15) is 5.75 Å². The van der Waals surface area contributed by atoms with E-state index in [0.717, 1.165) is 24.1 Å². The van der Waals surface area contributed by atoms with Crippen molar-refractivity contribution in [1.29, 1.82) is 0 Å². The van der Waals surface area contributed by atoms with Gasteiger partial charge in [-0.25, -0.2) is 0 Å². The Morgan fingerprint density at radius 1 is 1.60 bits per heavy atom. The van der Waals surface area contributed by atoms with Gasteiger partial charge in [-0.1, -0.05) is 6.07 Å². The number of benzene rings is 1. The lowest BCUT2D eigenvalue weighted by Crippen LogP contribution is -2.32. The number of phenols is 1. The minimum Gasteiger partial charge on any atom is -0.508 e. The summed E-state index contributed by atoms with van der Waals surface area (Å²) in [5, 5.41) is 12.5. The first-order valence-corrected chi connectivity index (χ1v) is 4.89. The molecule has 0 aliphatic carbocycles. The standard InChI is InChI=1S/C11H13NO3/c1-7(13)15-11-10-6-9(14)3-2-8(10)4-5-12-11/h2-3,6,11-12,14H,4-5H2,1H3. The Balaban J connectivity index is 2.32. The lowest BCUT2D eigenvalue weighted by Gasteiger charge is -2.26. The van der Waals surface area contributed by atoms with Crippen molar-refractivity contribution in [3.05, 3.63) is 29.3 Å². The van der Waals surface area contributed by atoms with Crippen LogP contribution in [0.1, 0.15) is 24.3 Å². The lowest BCUT2D eigenvalue weighted by molar-refractivity contribution is -0.148. The number of nitrogens with one attached hydrogen (secondary N) is 1. The summed E-state index contributed by atoms with van der Waals surface area (Å²) in [7, 11) is 0. The molecular weight excluding hydrogens is 194 g/mol. The Labute approximate surface area is 87.9 Å². The van der Waals surface area contributed by atoms with Gasteiger partial charge in [-0.2, -0.15) is 0 Å². The van der Waals surface area contributed by atoms with Gasteiger partial charge in [0.15, 0.2) is 6.23 Å². The highest BCUT2D eigenvalue weighted by Gasteiger charge is 2.22. The zero-order chi connectivity index (χ0) is 10.8. The number of fused-ring (bicyclic) bond motifs is 1. The first-order valence-electron chi connectivity index (χ1n) is 4.89. The Morgan fingerprint density at radius 3 is 3.13 bits per heavy atom. The van der Waals surface area contributed by atoms with Crippen molar-refractivity contribution in [3.63, 3.8) is 0 Å². The third-order valence-electron chi connectivity index (χ3n) is 2.42. The van der Waals surface area contributed by atoms with Gasteiger partial charge in [-0.3, -0.25) is 10.1 Å². The SMILES string of the molecule is CC(=O)OC1NCCc2ccc(O)cc21. The number of carbonyl (C=O) groups is 1. The predicted molar refractivity (Wildman–Crippen MR) is 54.3 cm³/mol. The maximum atomic E-state index is 10.9. The zero-order valence-corrected chi connectivity index (χ0v) is 8.49. The molecule has 0 aromatic heterocycles. The van der Waals surface area contributed by atoms with Crippen molar-refractivity contribution in [1.82, 2.24) is 5.32 Å². The summed E-state index contributed by atoms with van der Waals surface area (Å²) in [5.74, 6) is -0.140. The average Bonchev–Trinajstić information content (AvgIpc) is 2.18. The van der Waals surface area contributed by atoms with E-state index in [0.29, 0.717) is 0 Å². The van der Waals surface area contributed by atoms with E-state index >= 15 is 0 Å². The number of aromatic hydroxyl groups is 1. The second kappa shape index (κ2) is 3.90. The van der Waals surface area contributed by atoms with E-state index in [4.69, 9.17) is 4.74 Å². The number of rotatable bonds is 1. The third-order valence-corrected chi connectivity index (χ3v) is 2.42. The summed E-state index contributed by atoms with van der Waals surface area (Å²) in [6, 6.07) is 5.14. The number of esters is 1. The van der Waals surface area contributed by atoms with Crippen LogP contribution < -0.4 is 5.32 Å². The van der Waals surface area contributed by atoms with Gasteiger partial charge in [-0.05, 0) is 24.1 Å². The molecular formula is C11H13NO3. The van der Waals surface area contributed by atoms with Crippen molar-refractivity contribution < 1.29 is 14.6 Å². The molecule has 15 heavy (non-hydrogen) atoms. The fourth-order valence-corrected chi connectivity index (χ4v) is 1.77. The highest BCUT2D eigenvalue weighted by molar-refractivity contribution is 5.66. The monoisotopic (exact) mass is 207 g/mol. The van der Waals surface area contributed by atoms with E-state index in [1.54, 1.807) is 12.1 Å². The minimum atomic E-state index is -0.432. The van der Waals surface area contributed by atoms with Crippen LogP contribution in [0.5, 0.6) is 5.75 Å². The summed E-state index contributed by atoms with van der Waals surface area (Å²) >= 11 is 0. The van der Waals surface area contributed by atoms with Crippen LogP contribution in [0.15, 0.2) is 18.2 Å². The van der Waals surface area contributed by atoms with Crippen LogP contribution in [0, 0.1) is 0 Å². The number of phenolic OH excluding ortho intramolecular Hbond substituents is 1. The van der Waals surface area contributed by atoms with E-state index in [2.05, 4.69) is 5.32 Å². The molecule has 1 aliphatic heterocycles. The minimum absolute atomic E-state index is 0.189. The molecule has 0 saturated carbocycles. The van der Waals surface area contributed by atoms with Crippen LogP contribution in [-0.2, 0) is 16.0 Å². The molecule has 0 radical (unpaired) electrons. The van der Waals surface area contributed by atoms with Gasteiger partial charge < -0.3 is 9.84 Å². The van der Waals surface area contributed by atoms with Crippen molar-refractivity contribution in [3.8, 4) is 5.75 Å². The molecule has 0 fully saturated rings. The molecule has 0 spiro atoms. The van der Waals surface area contributed by atoms with Crippen LogP contribution in [-0.4, -0.2) is 17.6 Å². The molecule has 4 nitrogen and oxygen atoms in total. The normalized spacial score (nSPS) is 19.4. The highest BCUT2D eigenvalue weighted by Crippen LogP contribution is 2.27. The van der Waals surface area contributed by atoms with Crippen molar-refractivity contribution in [2.45, 2.75) is 19.6 Å². The Hall–Kier alpha value is -1.55. The predicted octanol–water partition coefficient (Wildman–Crippen LogP) is 1.10. The molecule has 2 rings (SSSR count). The molecule has 2 N–H and O–H groups in total. The quantitative estimate of drug-likeness (QED) is 0.677. The average molecular weight is 207 g/mol. The maximum Gasteiger partial charge on any atom is 0.304 e. The van der Waals surface area contributed by atoms with Gasteiger partial charge in [0.2, 0.25) is 0 Å². The molecule has 1 heterocycles. The Kier molecular flexibility index (Phi) is 2.60. The van der Waals surface area contributed by atoms with Crippen LogP contribution in [0.3, 0.4) is 0 Å². The third kappa shape index (κ3) is 2.10. The molecule has 1 aromatic carbocycles. The molecule has 1 atom stereocenters. The first kappa shape index (κ1) is 9.98. The molecule has 1 aliphatic rings. The fourth-order valence-electron chi connectivity index (χ4n) is 1.77. The van der Waals surface area contributed by atoms with Crippen molar-refractivity contribution in [2.24, 2.45) is 0 Å². The highest BCUT2D eigenvalue weighted by atomic mass is 16.6. The van der Waals surface area contributed by atoms with Gasteiger partial charge in [0.05, 0.1) is 0 Å². The smallest absolute Gasteiger partial charge is 0.304 e. The number of hydrogen-bond acceptors (Lipinski definition) is 4. The largest absolute Gasteiger partial charge is 0.508 e. The van der Waals surface area contributed by atoms with Crippen molar-refractivity contribution >= 4 is 5.97 Å². The molecule has 1 unspecified atom stereocenters. The number of carbonyl (C=O) groups excluding carboxylic acids is 1. The topological polar surface area (TPSA) is 58.6 Å². The summed E-state index contributed by atoms with van der Waals surface area (Å²) in [6.07, 6.45) is 0.450. The maximum absolute atomic E-state index is 10.9. The number of hydrogen-bond donors (Lipinski definition) is 2. The Morgan fingerprint density at radius 2 is 2.40 bits per heavy atom. The fraction of sp³-hybridized carbons (Fsp3) is 0.364. The van der Waals surface area contributed by atoms with E-state index in [-0.39, 0.29) is 11.7 Å².